The molecule has 1 aliphatic heterocycles. The Hall–Kier alpha value is -1.26. The van der Waals surface area contributed by atoms with Gasteiger partial charge in [-0.15, -0.1) is 0 Å². The van der Waals surface area contributed by atoms with Gasteiger partial charge in [0.15, 0.2) is 0 Å². The van der Waals surface area contributed by atoms with Crippen LogP contribution >= 0.6 is 11.6 Å². The molecular formula is C18H27ClN2O2. The van der Waals surface area contributed by atoms with Crippen molar-refractivity contribution >= 4 is 17.7 Å². The number of hydrogen-bond donors (Lipinski definition) is 1. The number of halogens is 1. The molecule has 1 aromatic rings. The monoisotopic (exact) mass is 338 g/mol. The highest BCUT2D eigenvalue weighted by atomic mass is 35.5. The molecule has 0 radical (unpaired) electrons. The molecule has 0 spiro atoms. The highest BCUT2D eigenvalue weighted by molar-refractivity contribution is 6.31. The molecule has 5 heteroatoms. The number of piperidine rings is 1. The van der Waals surface area contributed by atoms with Crippen LogP contribution in [0.3, 0.4) is 0 Å². The second kappa shape index (κ2) is 7.54. The second-order valence-electron chi connectivity index (χ2n) is 7.22. The molecule has 1 fully saturated rings. The standard InChI is InChI=1S/C18H27ClN2O2/c1-13-11-15(20-12-14-7-5-6-8-16(14)19)9-10-21(13)17(22)23-18(2,3)4/h5-8,13,15,20H,9-12H2,1-4H3. The Balaban J connectivity index is 1.84. The lowest BCUT2D eigenvalue weighted by molar-refractivity contribution is 0.00932. The van der Waals surface area contributed by atoms with E-state index in [4.69, 9.17) is 16.3 Å². The van der Waals surface area contributed by atoms with E-state index in [0.29, 0.717) is 6.04 Å². The van der Waals surface area contributed by atoms with Crippen LogP contribution in [0.25, 0.3) is 0 Å². The molecule has 1 amide bonds. The van der Waals surface area contributed by atoms with Crippen LogP contribution in [0.4, 0.5) is 4.79 Å². The van der Waals surface area contributed by atoms with Crippen LogP contribution in [0.2, 0.25) is 5.02 Å². The minimum Gasteiger partial charge on any atom is -0.444 e. The van der Waals surface area contributed by atoms with Gasteiger partial charge in [-0.1, -0.05) is 29.8 Å². The molecule has 0 bridgehead atoms. The third-order valence-corrected chi connectivity index (χ3v) is 4.41. The molecule has 1 aliphatic rings. The molecular weight excluding hydrogens is 312 g/mol. The average molecular weight is 339 g/mol. The maximum atomic E-state index is 12.2. The van der Waals surface area contributed by atoms with E-state index in [1.807, 2.05) is 49.9 Å². The Morgan fingerprint density at radius 3 is 2.70 bits per heavy atom. The van der Waals surface area contributed by atoms with Gasteiger partial charge in [0.05, 0.1) is 0 Å². The fraction of sp³-hybridized carbons (Fsp3) is 0.611. The predicted molar refractivity (Wildman–Crippen MR) is 93.7 cm³/mol. The van der Waals surface area contributed by atoms with Gasteiger partial charge in [0.2, 0.25) is 0 Å². The van der Waals surface area contributed by atoms with E-state index in [-0.39, 0.29) is 12.1 Å². The topological polar surface area (TPSA) is 41.6 Å². The first-order valence-corrected chi connectivity index (χ1v) is 8.60. The summed E-state index contributed by atoms with van der Waals surface area (Å²) in [4.78, 5) is 14.1. The van der Waals surface area contributed by atoms with Gasteiger partial charge >= 0.3 is 6.09 Å². The lowest BCUT2D eigenvalue weighted by atomic mass is 9.98. The number of ether oxygens (including phenoxy) is 1. The van der Waals surface area contributed by atoms with Gasteiger partial charge in [0.25, 0.3) is 0 Å². The van der Waals surface area contributed by atoms with Crippen molar-refractivity contribution in [2.45, 2.75) is 64.8 Å². The molecule has 1 saturated heterocycles. The number of hydrogen-bond acceptors (Lipinski definition) is 3. The van der Waals surface area contributed by atoms with Crippen molar-refractivity contribution in [3.63, 3.8) is 0 Å². The molecule has 128 valence electrons. The van der Waals surface area contributed by atoms with Crippen LogP contribution in [0.15, 0.2) is 24.3 Å². The highest BCUT2D eigenvalue weighted by Gasteiger charge is 2.31. The van der Waals surface area contributed by atoms with Crippen molar-refractivity contribution in [1.29, 1.82) is 0 Å². The first-order chi connectivity index (χ1) is 10.8. The zero-order valence-electron chi connectivity index (χ0n) is 14.4. The number of likely N-dealkylation sites (tertiary alicyclic amines) is 1. The summed E-state index contributed by atoms with van der Waals surface area (Å²) in [6.07, 6.45) is 1.63. The van der Waals surface area contributed by atoms with Gasteiger partial charge in [0.1, 0.15) is 5.60 Å². The smallest absolute Gasteiger partial charge is 0.410 e. The Bertz CT molecular complexity index is 542. The Morgan fingerprint density at radius 2 is 2.09 bits per heavy atom. The normalized spacial score (nSPS) is 22.0. The summed E-state index contributed by atoms with van der Waals surface area (Å²) >= 11 is 6.19. The molecule has 2 unspecified atom stereocenters. The fourth-order valence-electron chi connectivity index (χ4n) is 2.85. The predicted octanol–water partition coefficient (Wildman–Crippen LogP) is 4.22. The lowest BCUT2D eigenvalue weighted by Crippen LogP contribution is -2.50. The quantitative estimate of drug-likeness (QED) is 0.897. The molecule has 23 heavy (non-hydrogen) atoms. The zero-order valence-corrected chi connectivity index (χ0v) is 15.2. The Labute approximate surface area is 144 Å². The summed E-state index contributed by atoms with van der Waals surface area (Å²) in [7, 11) is 0. The van der Waals surface area contributed by atoms with Crippen molar-refractivity contribution in [3.8, 4) is 0 Å². The summed E-state index contributed by atoms with van der Waals surface area (Å²) in [6.45, 7) is 9.24. The van der Waals surface area contributed by atoms with Crippen LogP contribution < -0.4 is 5.32 Å². The van der Waals surface area contributed by atoms with Crippen molar-refractivity contribution in [3.05, 3.63) is 34.9 Å². The number of benzene rings is 1. The van der Waals surface area contributed by atoms with Crippen molar-refractivity contribution < 1.29 is 9.53 Å². The van der Waals surface area contributed by atoms with Crippen molar-refractivity contribution in [2.24, 2.45) is 0 Å². The number of carbonyl (C=O) groups excluding carboxylic acids is 1. The van der Waals surface area contributed by atoms with E-state index in [1.54, 1.807) is 0 Å². The van der Waals surface area contributed by atoms with E-state index < -0.39 is 5.60 Å². The van der Waals surface area contributed by atoms with E-state index in [0.717, 1.165) is 36.5 Å². The van der Waals surface area contributed by atoms with E-state index in [1.165, 1.54) is 0 Å². The summed E-state index contributed by atoms with van der Waals surface area (Å²) < 4.78 is 5.48. The number of nitrogens with one attached hydrogen (secondary N) is 1. The minimum atomic E-state index is -0.448. The zero-order chi connectivity index (χ0) is 17.0. The maximum absolute atomic E-state index is 12.2. The molecule has 4 nitrogen and oxygen atoms in total. The molecule has 2 rings (SSSR count). The number of rotatable bonds is 3. The molecule has 1 heterocycles. The van der Waals surface area contributed by atoms with Gasteiger partial charge in [-0.3, -0.25) is 0 Å². The molecule has 1 aromatic carbocycles. The Kier molecular flexibility index (Phi) is 5.93. The number of nitrogens with zero attached hydrogens (tertiary/aromatic N) is 1. The summed E-state index contributed by atoms with van der Waals surface area (Å²) in [5.74, 6) is 0. The first-order valence-electron chi connectivity index (χ1n) is 8.22. The second-order valence-corrected chi connectivity index (χ2v) is 7.62. The summed E-state index contributed by atoms with van der Waals surface area (Å²) in [6, 6.07) is 8.44. The third kappa shape index (κ3) is 5.40. The van der Waals surface area contributed by atoms with Gasteiger partial charge in [-0.05, 0) is 52.2 Å². The van der Waals surface area contributed by atoms with Crippen LogP contribution in [0, 0.1) is 0 Å². The number of amides is 1. The lowest BCUT2D eigenvalue weighted by Gasteiger charge is -2.38. The van der Waals surface area contributed by atoms with Crippen molar-refractivity contribution in [2.75, 3.05) is 6.54 Å². The van der Waals surface area contributed by atoms with Gasteiger partial charge in [-0.2, -0.15) is 0 Å². The fourth-order valence-corrected chi connectivity index (χ4v) is 3.05. The van der Waals surface area contributed by atoms with Gasteiger partial charge in [-0.25, -0.2) is 4.79 Å². The van der Waals surface area contributed by atoms with Gasteiger partial charge < -0.3 is 15.0 Å². The minimum absolute atomic E-state index is 0.169. The van der Waals surface area contributed by atoms with E-state index in [2.05, 4.69) is 12.2 Å². The van der Waals surface area contributed by atoms with Crippen LogP contribution in [0.1, 0.15) is 46.1 Å². The summed E-state index contributed by atoms with van der Waals surface area (Å²) in [5.41, 5.74) is 0.659. The molecule has 0 aliphatic carbocycles. The Morgan fingerprint density at radius 1 is 1.39 bits per heavy atom. The maximum Gasteiger partial charge on any atom is 0.410 e. The van der Waals surface area contributed by atoms with Crippen LogP contribution in [0.5, 0.6) is 0 Å². The van der Waals surface area contributed by atoms with E-state index in [9.17, 15) is 4.79 Å². The molecule has 2 atom stereocenters. The number of carbonyl (C=O) groups is 1. The molecule has 0 saturated carbocycles. The van der Waals surface area contributed by atoms with Crippen LogP contribution in [-0.2, 0) is 11.3 Å². The largest absolute Gasteiger partial charge is 0.444 e. The van der Waals surface area contributed by atoms with Crippen LogP contribution in [-0.4, -0.2) is 35.2 Å². The summed E-state index contributed by atoms with van der Waals surface area (Å²) in [5, 5.41) is 4.34. The average Bonchev–Trinajstić information content (AvgIpc) is 2.44. The van der Waals surface area contributed by atoms with Gasteiger partial charge in [0, 0.05) is 30.2 Å². The first kappa shape index (κ1) is 18.1. The highest BCUT2D eigenvalue weighted by Crippen LogP contribution is 2.21. The van der Waals surface area contributed by atoms with Crippen molar-refractivity contribution in [1.82, 2.24) is 10.2 Å². The third-order valence-electron chi connectivity index (χ3n) is 4.04. The molecule has 0 aromatic heterocycles. The van der Waals surface area contributed by atoms with E-state index >= 15 is 0 Å². The molecule has 1 N–H and O–H groups in total. The SMILES string of the molecule is CC1CC(NCc2ccccc2Cl)CCN1C(=O)OC(C)(C)C.